The third-order valence-electron chi connectivity index (χ3n) is 2.46. The van der Waals surface area contributed by atoms with Gasteiger partial charge in [-0.05, 0) is 22.9 Å². The summed E-state index contributed by atoms with van der Waals surface area (Å²) in [4.78, 5) is 11.3. The number of ether oxygens (including phenoxy) is 1. The molecule has 0 spiro atoms. The number of fused-ring (bicyclic) bond motifs is 1. The average molecular weight is 240 g/mol. The van der Waals surface area contributed by atoms with Gasteiger partial charge in [0.15, 0.2) is 6.61 Å². The molecular weight excluding hydrogens is 228 g/mol. The van der Waals surface area contributed by atoms with E-state index in [-0.39, 0.29) is 19.1 Å². The topological polar surface area (TPSA) is 62.1 Å². The molecule has 2 aromatic rings. The molecule has 0 bridgehead atoms. The summed E-state index contributed by atoms with van der Waals surface area (Å²) in [6.07, 6.45) is 0. The van der Waals surface area contributed by atoms with E-state index in [1.54, 1.807) is 0 Å². The fraction of sp³-hybridized carbons (Fsp3) is 0.143. The molecule has 0 unspecified atom stereocenters. The van der Waals surface area contributed by atoms with Crippen LogP contribution in [0.15, 0.2) is 42.5 Å². The van der Waals surface area contributed by atoms with Crippen LogP contribution in [0.5, 0.6) is 5.75 Å². The summed E-state index contributed by atoms with van der Waals surface area (Å²) in [6, 6.07) is 15.4. The highest BCUT2D eigenvalue weighted by molar-refractivity contribution is 5.84. The van der Waals surface area contributed by atoms with Crippen molar-refractivity contribution in [2.75, 3.05) is 13.2 Å². The van der Waals surface area contributed by atoms with E-state index in [4.69, 9.17) is 10.00 Å². The van der Waals surface area contributed by atoms with Crippen LogP contribution in [0, 0.1) is 11.3 Å². The zero-order valence-corrected chi connectivity index (χ0v) is 9.72. The Hall–Kier alpha value is -2.54. The van der Waals surface area contributed by atoms with Crippen molar-refractivity contribution in [3.05, 3.63) is 42.5 Å². The zero-order chi connectivity index (χ0) is 12.8. The fourth-order valence-electron chi connectivity index (χ4n) is 1.60. The maximum Gasteiger partial charge on any atom is 0.258 e. The van der Waals surface area contributed by atoms with Gasteiger partial charge in [0.2, 0.25) is 0 Å². The number of nitriles is 1. The van der Waals surface area contributed by atoms with Gasteiger partial charge in [0, 0.05) is 0 Å². The molecule has 0 radical (unpaired) electrons. The van der Waals surface area contributed by atoms with Crippen molar-refractivity contribution in [3.63, 3.8) is 0 Å². The van der Waals surface area contributed by atoms with Gasteiger partial charge < -0.3 is 10.1 Å². The number of benzene rings is 2. The lowest BCUT2D eigenvalue weighted by Gasteiger charge is -2.06. The molecule has 4 heteroatoms. The van der Waals surface area contributed by atoms with Crippen LogP contribution >= 0.6 is 0 Å². The summed E-state index contributed by atoms with van der Waals surface area (Å²) in [6.45, 7) is -0.0834. The van der Waals surface area contributed by atoms with E-state index in [0.29, 0.717) is 5.75 Å². The summed E-state index contributed by atoms with van der Waals surface area (Å²) in [5.74, 6) is 0.338. The van der Waals surface area contributed by atoms with Gasteiger partial charge in [-0.15, -0.1) is 0 Å². The minimum Gasteiger partial charge on any atom is -0.484 e. The first-order chi connectivity index (χ1) is 8.79. The quantitative estimate of drug-likeness (QED) is 0.830. The third-order valence-corrected chi connectivity index (χ3v) is 2.46. The van der Waals surface area contributed by atoms with E-state index in [1.807, 2.05) is 48.5 Å². The van der Waals surface area contributed by atoms with Crippen LogP contribution in [-0.4, -0.2) is 19.1 Å². The molecule has 2 aromatic carbocycles. The molecule has 4 nitrogen and oxygen atoms in total. The number of hydrogen-bond donors (Lipinski definition) is 1. The van der Waals surface area contributed by atoms with Gasteiger partial charge in [0.05, 0.1) is 6.07 Å². The summed E-state index contributed by atoms with van der Waals surface area (Å²) in [5.41, 5.74) is 0. The van der Waals surface area contributed by atoms with Gasteiger partial charge in [0.25, 0.3) is 5.91 Å². The highest BCUT2D eigenvalue weighted by Gasteiger charge is 2.02. The molecule has 18 heavy (non-hydrogen) atoms. The molecule has 0 heterocycles. The largest absolute Gasteiger partial charge is 0.484 e. The lowest BCUT2D eigenvalue weighted by atomic mass is 10.1. The van der Waals surface area contributed by atoms with Crippen LogP contribution in [0.1, 0.15) is 0 Å². The van der Waals surface area contributed by atoms with Crippen molar-refractivity contribution in [1.29, 1.82) is 5.26 Å². The number of carbonyl (C=O) groups excluding carboxylic acids is 1. The maximum atomic E-state index is 11.3. The predicted octanol–water partition coefficient (Wildman–Crippen LogP) is 1.86. The first-order valence-corrected chi connectivity index (χ1v) is 5.55. The van der Waals surface area contributed by atoms with Crippen molar-refractivity contribution in [2.24, 2.45) is 0 Å². The standard InChI is InChI=1S/C14H12N2O2/c15-7-8-16-14(17)10-18-13-6-5-11-3-1-2-4-12(11)9-13/h1-6,9H,8,10H2,(H,16,17). The molecular formula is C14H12N2O2. The van der Waals surface area contributed by atoms with Gasteiger partial charge >= 0.3 is 0 Å². The highest BCUT2D eigenvalue weighted by atomic mass is 16.5. The second-order valence-electron chi connectivity index (χ2n) is 3.73. The lowest BCUT2D eigenvalue weighted by molar-refractivity contribution is -0.122. The number of amides is 1. The Labute approximate surface area is 105 Å². The van der Waals surface area contributed by atoms with Crippen LogP contribution in [0.25, 0.3) is 10.8 Å². The summed E-state index contributed by atoms with van der Waals surface area (Å²) < 4.78 is 5.35. The summed E-state index contributed by atoms with van der Waals surface area (Å²) in [5, 5.41) is 12.9. The molecule has 0 saturated heterocycles. The van der Waals surface area contributed by atoms with Gasteiger partial charge in [-0.25, -0.2) is 0 Å². The molecule has 0 fully saturated rings. The molecule has 0 aromatic heterocycles. The van der Waals surface area contributed by atoms with Crippen molar-refractivity contribution in [2.45, 2.75) is 0 Å². The second-order valence-corrected chi connectivity index (χ2v) is 3.73. The molecule has 0 atom stereocenters. The smallest absolute Gasteiger partial charge is 0.258 e. The molecule has 0 aliphatic carbocycles. The number of nitrogens with zero attached hydrogens (tertiary/aromatic N) is 1. The van der Waals surface area contributed by atoms with Gasteiger partial charge in [0.1, 0.15) is 12.3 Å². The minimum absolute atomic E-state index is 0.0000857. The summed E-state index contributed by atoms with van der Waals surface area (Å²) in [7, 11) is 0. The Balaban J connectivity index is 2.00. The Morgan fingerprint density at radius 3 is 2.78 bits per heavy atom. The van der Waals surface area contributed by atoms with E-state index >= 15 is 0 Å². The molecule has 2 rings (SSSR count). The fourth-order valence-corrected chi connectivity index (χ4v) is 1.60. The van der Waals surface area contributed by atoms with E-state index < -0.39 is 0 Å². The third kappa shape index (κ3) is 2.98. The van der Waals surface area contributed by atoms with Crippen molar-refractivity contribution >= 4 is 16.7 Å². The van der Waals surface area contributed by atoms with Crippen molar-refractivity contribution < 1.29 is 9.53 Å². The highest BCUT2D eigenvalue weighted by Crippen LogP contribution is 2.20. The van der Waals surface area contributed by atoms with Crippen LogP contribution in [0.3, 0.4) is 0 Å². The monoisotopic (exact) mass is 240 g/mol. The lowest BCUT2D eigenvalue weighted by Crippen LogP contribution is -2.28. The van der Waals surface area contributed by atoms with Crippen molar-refractivity contribution in [3.8, 4) is 11.8 Å². The first-order valence-electron chi connectivity index (χ1n) is 5.55. The number of carbonyl (C=O) groups is 1. The van der Waals surface area contributed by atoms with Crippen molar-refractivity contribution in [1.82, 2.24) is 5.32 Å². The van der Waals surface area contributed by atoms with E-state index in [2.05, 4.69) is 5.32 Å². The zero-order valence-electron chi connectivity index (χ0n) is 9.72. The predicted molar refractivity (Wildman–Crippen MR) is 68.1 cm³/mol. The normalized spacial score (nSPS) is 9.72. The SMILES string of the molecule is N#CCNC(=O)COc1ccc2ccccc2c1. The van der Waals surface area contributed by atoms with Gasteiger partial charge in [-0.3, -0.25) is 4.79 Å². The first kappa shape index (κ1) is 11.9. The molecule has 0 saturated carbocycles. The van der Waals surface area contributed by atoms with Crippen LogP contribution < -0.4 is 10.1 Å². The van der Waals surface area contributed by atoms with Crippen LogP contribution in [-0.2, 0) is 4.79 Å². The molecule has 1 amide bonds. The number of hydrogen-bond acceptors (Lipinski definition) is 3. The number of nitrogens with one attached hydrogen (secondary N) is 1. The molecule has 0 aliphatic rings. The van der Waals surface area contributed by atoms with Gasteiger partial charge in [-0.1, -0.05) is 30.3 Å². The van der Waals surface area contributed by atoms with Crippen LogP contribution in [0.2, 0.25) is 0 Å². The molecule has 90 valence electrons. The Kier molecular flexibility index (Phi) is 3.77. The minimum atomic E-state index is -0.301. The number of rotatable bonds is 4. The molecule has 0 aliphatic heterocycles. The van der Waals surface area contributed by atoms with Crippen LogP contribution in [0.4, 0.5) is 0 Å². The maximum absolute atomic E-state index is 11.3. The average Bonchev–Trinajstić information content (AvgIpc) is 2.42. The summed E-state index contributed by atoms with van der Waals surface area (Å²) >= 11 is 0. The van der Waals surface area contributed by atoms with E-state index in [9.17, 15) is 4.79 Å². The van der Waals surface area contributed by atoms with Gasteiger partial charge in [-0.2, -0.15) is 5.26 Å². The molecule has 1 N–H and O–H groups in total. The Bertz CT molecular complexity index is 602. The second kappa shape index (κ2) is 5.69. The van der Waals surface area contributed by atoms with E-state index in [1.165, 1.54) is 0 Å². The Morgan fingerprint density at radius 2 is 2.00 bits per heavy atom. The Morgan fingerprint density at radius 1 is 1.22 bits per heavy atom. The van der Waals surface area contributed by atoms with E-state index in [0.717, 1.165) is 10.8 Å².